The zero-order valence-corrected chi connectivity index (χ0v) is 48.2. The number of ether oxygens (including phenoxy) is 3. The smallest absolute Gasteiger partial charge is 0.248 e. The highest BCUT2D eigenvalue weighted by Gasteiger charge is 2.51. The fraction of sp³-hybridized carbons (Fsp3) is 0.655. The highest BCUT2D eigenvalue weighted by atomic mass is 32.2. The maximum atomic E-state index is 15.0. The molecular formula is C58H81N11O10S. The van der Waals surface area contributed by atoms with E-state index in [2.05, 4.69) is 31.3 Å². The van der Waals surface area contributed by atoms with Gasteiger partial charge in [0.15, 0.2) is 0 Å². The Morgan fingerprint density at radius 3 is 2.06 bits per heavy atom. The zero-order valence-electron chi connectivity index (χ0n) is 47.4. The molecule has 2 aliphatic carbocycles. The Morgan fingerprint density at radius 2 is 1.43 bits per heavy atom. The number of aromatic nitrogens is 6. The molecule has 4 aromatic rings. The predicted molar refractivity (Wildman–Crippen MR) is 294 cm³/mol. The molecule has 80 heavy (non-hydrogen) atoms. The molecule has 4 saturated heterocycles. The number of carbonyl (C=O) groups is 4. The van der Waals surface area contributed by atoms with Gasteiger partial charge in [0, 0.05) is 69.3 Å². The van der Waals surface area contributed by atoms with E-state index in [0.29, 0.717) is 57.2 Å². The summed E-state index contributed by atoms with van der Waals surface area (Å²) in [6.45, 7) is 15.9. The van der Waals surface area contributed by atoms with Crippen molar-refractivity contribution in [3.8, 4) is 0 Å². The summed E-state index contributed by atoms with van der Waals surface area (Å²) >= 11 is 0. The van der Waals surface area contributed by atoms with Crippen molar-refractivity contribution in [2.24, 2.45) is 10.8 Å². The molecular weight excluding hydrogens is 1040 g/mol. The molecule has 4 amide bonds. The lowest BCUT2D eigenvalue weighted by Crippen LogP contribution is -2.54. The molecule has 2 aromatic heterocycles. The van der Waals surface area contributed by atoms with Crippen LogP contribution in [0.15, 0.2) is 71.9 Å². The topological polar surface area (TPSA) is 246 Å². The summed E-state index contributed by atoms with van der Waals surface area (Å²) in [4.78, 5) is 61.5. The van der Waals surface area contributed by atoms with Crippen molar-refractivity contribution >= 4 is 33.7 Å². The second-order valence-electron chi connectivity index (χ2n) is 25.3. The van der Waals surface area contributed by atoms with Crippen molar-refractivity contribution in [3.05, 3.63) is 89.5 Å². The molecule has 6 aliphatic rings. The minimum Gasteiger partial charge on any atom is -0.391 e. The van der Waals surface area contributed by atoms with Crippen LogP contribution in [0.4, 0.5) is 0 Å². The van der Waals surface area contributed by atoms with Gasteiger partial charge in [-0.25, -0.2) is 17.8 Å². The van der Waals surface area contributed by atoms with Crippen molar-refractivity contribution in [2.45, 2.75) is 184 Å². The Hall–Kier alpha value is -5.65. The summed E-state index contributed by atoms with van der Waals surface area (Å²) in [6.07, 6.45) is 8.92. The first-order chi connectivity index (χ1) is 38.1. The molecule has 0 bridgehead atoms. The van der Waals surface area contributed by atoms with E-state index >= 15 is 4.79 Å². The summed E-state index contributed by atoms with van der Waals surface area (Å²) in [5.41, 5.74) is 1.14. The molecule has 22 heteroatoms. The number of hydrogen-bond acceptors (Lipinski definition) is 14. The van der Waals surface area contributed by atoms with Gasteiger partial charge in [0.05, 0.1) is 61.0 Å². The van der Waals surface area contributed by atoms with Crippen LogP contribution < -0.4 is 10.6 Å². The second-order valence-corrected chi connectivity index (χ2v) is 27.2. The Bertz CT molecular complexity index is 2950. The number of hydrogen-bond donors (Lipinski definition) is 3. The van der Waals surface area contributed by atoms with Gasteiger partial charge in [-0.15, -0.1) is 10.2 Å². The molecule has 3 N–H and O–H groups in total. The van der Waals surface area contributed by atoms with Crippen molar-refractivity contribution in [1.29, 1.82) is 0 Å². The maximum Gasteiger partial charge on any atom is 0.248 e. The van der Waals surface area contributed by atoms with E-state index in [1.165, 1.54) is 4.90 Å². The van der Waals surface area contributed by atoms with Crippen LogP contribution in [0.5, 0.6) is 0 Å². The van der Waals surface area contributed by atoms with E-state index in [1.807, 2.05) is 97.1 Å². The molecule has 2 aromatic carbocycles. The van der Waals surface area contributed by atoms with Gasteiger partial charge >= 0.3 is 0 Å². The molecule has 4 unspecified atom stereocenters. The highest BCUT2D eigenvalue weighted by Crippen LogP contribution is 2.46. The van der Waals surface area contributed by atoms with Crippen LogP contribution in [0.1, 0.15) is 153 Å². The molecule has 434 valence electrons. The number of aryl methyl sites for hydroxylation is 1. The van der Waals surface area contributed by atoms with Gasteiger partial charge in [-0.1, -0.05) is 101 Å². The number of nitrogens with zero attached hydrogens (tertiary/aromatic N) is 9. The second kappa shape index (κ2) is 23.3. The average Bonchev–Trinajstić information content (AvgIpc) is 4.14. The van der Waals surface area contributed by atoms with Crippen LogP contribution in [0.25, 0.3) is 0 Å². The number of aliphatic hydroxyl groups is 1. The Morgan fingerprint density at radius 1 is 0.787 bits per heavy atom. The van der Waals surface area contributed by atoms with Crippen LogP contribution >= 0.6 is 0 Å². The lowest BCUT2D eigenvalue weighted by atomic mass is 9.85. The molecule has 0 radical (unpaired) electrons. The highest BCUT2D eigenvalue weighted by molar-refractivity contribution is 7.89. The van der Waals surface area contributed by atoms with Crippen LogP contribution in [-0.4, -0.2) is 170 Å². The standard InChI is InChI=1S/C58H81N11O10S/c1-37-14-11-12-25-69(37)80(75,76)43-22-18-38(19-23-43)15-13-24-59-52(71)47-28-41(70)31-65(47)54(73)50(56(2,3)4)68-34-46(62-64-68)44-30-49(44)79-42-29-48(53(72)60-35-58(36-77-26-27-78-58)40-16-9-8-10-17-40)66(32-42)55(74)51(57(5,6)7)67-33-45(61-63-67)39-20-21-39/h8-10,16-19,22-23,33-34,37,39,41-42,44,47-51,70H,11-15,20-21,24-32,35-36H2,1-7H3,(H,59,71)(H,60,72)/t37?,41-,42-,44?,47+,48+,49?,50-,51-,58?/m1/s1. The van der Waals surface area contributed by atoms with Gasteiger partial charge in [-0.3, -0.25) is 19.2 Å². The molecule has 6 fully saturated rings. The predicted octanol–water partition coefficient (Wildman–Crippen LogP) is 4.80. The molecule has 10 atom stereocenters. The number of aliphatic hydroxyl groups excluding tert-OH is 1. The summed E-state index contributed by atoms with van der Waals surface area (Å²) in [6, 6.07) is 13.2. The van der Waals surface area contributed by atoms with Gasteiger partial charge in [0.1, 0.15) is 29.8 Å². The monoisotopic (exact) mass is 1120 g/mol. The van der Waals surface area contributed by atoms with E-state index in [-0.39, 0.29) is 85.7 Å². The Kier molecular flexibility index (Phi) is 16.8. The summed E-state index contributed by atoms with van der Waals surface area (Å²) in [5.74, 6) is -1.11. The number of amides is 4. The van der Waals surface area contributed by atoms with Gasteiger partial charge < -0.3 is 39.8 Å². The third-order valence-electron chi connectivity index (χ3n) is 16.9. The number of piperidine rings is 1. The zero-order chi connectivity index (χ0) is 56.7. The van der Waals surface area contributed by atoms with E-state index < -0.39 is 62.8 Å². The van der Waals surface area contributed by atoms with E-state index in [4.69, 9.17) is 14.2 Å². The molecule has 2 saturated carbocycles. The first kappa shape index (κ1) is 57.6. The maximum absolute atomic E-state index is 15.0. The average molecular weight is 1120 g/mol. The Labute approximate surface area is 469 Å². The first-order valence-electron chi connectivity index (χ1n) is 28.8. The van der Waals surface area contributed by atoms with E-state index in [9.17, 15) is 27.9 Å². The summed E-state index contributed by atoms with van der Waals surface area (Å²) < 4.78 is 50.5. The minimum atomic E-state index is -3.58. The van der Waals surface area contributed by atoms with Crippen molar-refractivity contribution < 1.29 is 46.9 Å². The SMILES string of the molecule is CC1CCCCN1S(=O)(=O)c1ccc(CCCNC(=O)[C@@H]2C[C@@H](O)CN2C(=O)[C@@H](n2cc(C3CC3O[C@@H]3C[C@@H](C(=O)NCC4(c5ccccc5)COCCO4)N(C(=O)[C@@H](n4cc(C5CC5)nn4)C(C)(C)C)C3)nn2)C(C)(C)C)cc1. The van der Waals surface area contributed by atoms with Gasteiger partial charge in [-0.2, -0.15) is 4.31 Å². The number of benzene rings is 2. The normalized spacial score (nSPS) is 27.4. The van der Waals surface area contributed by atoms with Crippen LogP contribution in [0.2, 0.25) is 0 Å². The molecule has 6 heterocycles. The number of nitrogens with one attached hydrogen (secondary N) is 2. The number of carbonyl (C=O) groups excluding carboxylic acids is 4. The fourth-order valence-corrected chi connectivity index (χ4v) is 14.0. The number of sulfonamides is 1. The quantitative estimate of drug-likeness (QED) is 0.107. The lowest BCUT2D eigenvalue weighted by molar-refractivity contribution is -0.163. The third kappa shape index (κ3) is 12.5. The lowest BCUT2D eigenvalue weighted by Gasteiger charge is -2.38. The van der Waals surface area contributed by atoms with Crippen LogP contribution in [-0.2, 0) is 55.4 Å². The third-order valence-corrected chi connectivity index (χ3v) is 18.9. The first-order valence-corrected chi connectivity index (χ1v) is 30.3. The summed E-state index contributed by atoms with van der Waals surface area (Å²) in [5, 5.41) is 35.0. The molecule has 21 nitrogen and oxygen atoms in total. The van der Waals surface area contributed by atoms with Gasteiger partial charge in [-0.05, 0) is 86.0 Å². The van der Waals surface area contributed by atoms with Crippen molar-refractivity contribution in [3.63, 3.8) is 0 Å². The van der Waals surface area contributed by atoms with Gasteiger partial charge in [0.25, 0.3) is 0 Å². The molecule has 0 spiro atoms. The molecule has 10 rings (SSSR count). The van der Waals surface area contributed by atoms with Crippen molar-refractivity contribution in [1.82, 2.24) is 54.7 Å². The Balaban J connectivity index is 0.781. The van der Waals surface area contributed by atoms with Crippen molar-refractivity contribution in [2.75, 3.05) is 52.5 Å². The molecule has 4 aliphatic heterocycles. The van der Waals surface area contributed by atoms with Gasteiger partial charge in [0.2, 0.25) is 33.7 Å². The summed E-state index contributed by atoms with van der Waals surface area (Å²) in [7, 11) is -3.58. The van der Waals surface area contributed by atoms with E-state index in [0.717, 1.165) is 48.9 Å². The van der Waals surface area contributed by atoms with Crippen LogP contribution in [0, 0.1) is 10.8 Å². The van der Waals surface area contributed by atoms with E-state index in [1.54, 1.807) is 36.9 Å². The minimum absolute atomic E-state index is 0.0120. The number of rotatable bonds is 19. The number of β-amino-alcohol motifs (C(OH)–C–C–N with tert-alkyl or cyclic N) is 1. The van der Waals surface area contributed by atoms with Crippen LogP contribution in [0.3, 0.4) is 0 Å². The fourth-order valence-electron chi connectivity index (χ4n) is 12.3. The number of likely N-dealkylation sites (tertiary alicyclic amines) is 2. The largest absolute Gasteiger partial charge is 0.391 e.